The largest absolute Gasteiger partial charge is 0.450 e. The maximum absolute atomic E-state index is 9.10. The van der Waals surface area contributed by atoms with Crippen LogP contribution in [0.25, 0.3) is 0 Å². The Morgan fingerprint density at radius 3 is 1.88 bits per heavy atom. The van der Waals surface area contributed by atoms with Gasteiger partial charge < -0.3 is 4.89 Å². The van der Waals surface area contributed by atoms with Crippen LogP contribution in [0.1, 0.15) is 0 Å². The molecular weight excluding hydrogens is 141 g/mol. The molecule has 1 atom stereocenters. The van der Waals surface area contributed by atoms with Gasteiger partial charge >= 0.3 is 6.72 Å². The Kier molecular flexibility index (Phi) is 3.46. The van der Waals surface area contributed by atoms with Crippen molar-refractivity contribution < 1.29 is 9.79 Å². The van der Waals surface area contributed by atoms with E-state index in [0.717, 1.165) is 0 Å². The van der Waals surface area contributed by atoms with Crippen molar-refractivity contribution in [3.8, 4) is 0 Å². The molecule has 0 spiro atoms. The van der Waals surface area contributed by atoms with Gasteiger partial charge in [0, 0.05) is 8.03 Å². The van der Waals surface area contributed by atoms with Gasteiger partial charge in [0.15, 0.2) is 0 Å². The first-order valence-corrected chi connectivity index (χ1v) is 6.77. The van der Waals surface area contributed by atoms with Gasteiger partial charge in [0.2, 0.25) is 0 Å². The zero-order valence-electron chi connectivity index (χ0n) is 5.37. The molecular formula is C3H11BO2P2+. The molecule has 0 aromatic heterocycles. The molecule has 0 aromatic rings. The summed E-state index contributed by atoms with van der Waals surface area (Å²) in [5, 5.41) is 0. The van der Waals surface area contributed by atoms with E-state index in [1.165, 1.54) is 0 Å². The summed E-state index contributed by atoms with van der Waals surface area (Å²) >= 11 is 0. The number of rotatable bonds is 2. The SMILES string of the molecule is CP(O)[B][P+](C)(C)O. The number of hydrogen-bond acceptors (Lipinski definition) is 2. The van der Waals surface area contributed by atoms with E-state index in [4.69, 9.17) is 9.79 Å². The monoisotopic (exact) mass is 152 g/mol. The Bertz CT molecular complexity index is 70.2. The van der Waals surface area contributed by atoms with Crippen LogP contribution >= 0.6 is 15.4 Å². The molecule has 0 aliphatic rings. The van der Waals surface area contributed by atoms with E-state index in [1.807, 2.05) is 0 Å². The summed E-state index contributed by atoms with van der Waals surface area (Å²) in [6, 6.07) is 0. The molecule has 2 N–H and O–H groups in total. The molecule has 0 amide bonds. The normalized spacial score (nSPS) is 15.6. The lowest BCUT2D eigenvalue weighted by Gasteiger charge is -2.06. The molecule has 0 saturated carbocycles. The molecule has 0 aliphatic carbocycles. The fourth-order valence-electron chi connectivity index (χ4n) is 0.409. The Morgan fingerprint density at radius 2 is 1.88 bits per heavy atom. The highest BCUT2D eigenvalue weighted by Crippen LogP contribution is 2.51. The third-order valence-corrected chi connectivity index (χ3v) is 4.05. The second kappa shape index (κ2) is 3.13. The molecule has 0 rings (SSSR count). The molecule has 2 nitrogen and oxygen atoms in total. The molecule has 0 aliphatic heterocycles. The fraction of sp³-hybridized carbons (Fsp3) is 1.00. The number of hydrogen-bond donors (Lipinski definition) is 2. The molecule has 1 radical (unpaired) electrons. The Hall–Kier alpha value is 0.845. The van der Waals surface area contributed by atoms with E-state index < -0.39 is 15.4 Å². The van der Waals surface area contributed by atoms with Crippen LogP contribution < -0.4 is 0 Å². The van der Waals surface area contributed by atoms with E-state index in [0.29, 0.717) is 0 Å². The molecule has 0 bridgehead atoms. The van der Waals surface area contributed by atoms with E-state index in [2.05, 4.69) is 0 Å². The predicted molar refractivity (Wildman–Crippen MR) is 41.8 cm³/mol. The first-order chi connectivity index (χ1) is 3.42. The highest BCUT2D eigenvalue weighted by Gasteiger charge is 2.28. The van der Waals surface area contributed by atoms with Crippen LogP contribution in [0.15, 0.2) is 0 Å². The van der Waals surface area contributed by atoms with E-state index in [9.17, 15) is 0 Å². The summed E-state index contributed by atoms with van der Waals surface area (Å²) in [4.78, 5) is 17.9. The molecule has 0 saturated heterocycles. The topological polar surface area (TPSA) is 40.5 Å². The smallest absolute Gasteiger partial charge is 0.379 e. The quantitative estimate of drug-likeness (QED) is 0.452. The van der Waals surface area contributed by atoms with Crippen LogP contribution in [0, 0.1) is 0 Å². The average Bonchev–Trinajstić information content (AvgIpc) is 1.21. The van der Waals surface area contributed by atoms with Gasteiger partial charge in [-0.15, -0.1) is 0 Å². The fourth-order valence-corrected chi connectivity index (χ4v) is 3.68. The second-order valence-corrected chi connectivity index (χ2v) is 7.20. The van der Waals surface area contributed by atoms with Gasteiger partial charge in [0.05, 0.1) is 20.7 Å². The third kappa shape index (κ3) is 6.84. The summed E-state index contributed by atoms with van der Waals surface area (Å²) in [6.45, 7) is 6.85. The summed E-state index contributed by atoms with van der Waals surface area (Å²) < 4.78 is 0. The molecule has 47 valence electrons. The van der Waals surface area contributed by atoms with Crippen LogP contribution in [0.4, 0.5) is 0 Å². The van der Waals surface area contributed by atoms with Gasteiger partial charge in [-0.1, -0.05) is 0 Å². The summed E-state index contributed by atoms with van der Waals surface area (Å²) in [7, 11) is -2.83. The minimum Gasteiger partial charge on any atom is -0.379 e. The highest BCUT2D eigenvalue weighted by molar-refractivity contribution is 8.17. The van der Waals surface area contributed by atoms with Gasteiger partial charge in [0.25, 0.3) is 0 Å². The van der Waals surface area contributed by atoms with Crippen LogP contribution in [0.2, 0.25) is 0 Å². The van der Waals surface area contributed by atoms with Gasteiger partial charge in [-0.2, -0.15) is 0 Å². The molecule has 0 fully saturated rings. The Balaban J connectivity index is 3.39. The van der Waals surface area contributed by atoms with E-state index in [1.54, 1.807) is 26.7 Å². The summed E-state index contributed by atoms with van der Waals surface area (Å²) in [5.74, 6) is 0. The van der Waals surface area contributed by atoms with Gasteiger partial charge in [-0.25, -0.2) is 0 Å². The lowest BCUT2D eigenvalue weighted by molar-refractivity contribution is 0.628. The first kappa shape index (κ1) is 8.84. The lowest BCUT2D eigenvalue weighted by atomic mass is 10.7. The Labute approximate surface area is 52.7 Å². The Morgan fingerprint density at radius 1 is 1.50 bits per heavy atom. The van der Waals surface area contributed by atoms with Crippen LogP contribution in [0.5, 0.6) is 0 Å². The lowest BCUT2D eigenvalue weighted by Crippen LogP contribution is -1.94. The zero-order chi connectivity index (χ0) is 6.78. The maximum Gasteiger partial charge on any atom is 0.450 e. The summed E-state index contributed by atoms with van der Waals surface area (Å²) in [6.07, 6.45) is 0. The zero-order valence-corrected chi connectivity index (χ0v) is 7.16. The minimum absolute atomic E-state index is 1.01. The van der Waals surface area contributed by atoms with E-state index >= 15 is 0 Å². The van der Waals surface area contributed by atoms with Crippen molar-refractivity contribution in [2.45, 2.75) is 0 Å². The van der Waals surface area contributed by atoms with E-state index in [-0.39, 0.29) is 0 Å². The van der Waals surface area contributed by atoms with Crippen molar-refractivity contribution in [2.75, 3.05) is 20.0 Å². The molecule has 0 aromatic carbocycles. The molecule has 5 heteroatoms. The standard InChI is InChI=1S/C3H11BO2P2/c1-7(5)4-8(2,3)6/h5-6H,1-3H3/q+1. The van der Waals surface area contributed by atoms with Crippen molar-refractivity contribution in [2.24, 2.45) is 0 Å². The van der Waals surface area contributed by atoms with Crippen molar-refractivity contribution in [1.82, 2.24) is 0 Å². The van der Waals surface area contributed by atoms with Crippen molar-refractivity contribution in [1.29, 1.82) is 0 Å². The third-order valence-electron chi connectivity index (χ3n) is 0.450. The van der Waals surface area contributed by atoms with Crippen molar-refractivity contribution in [3.63, 3.8) is 0 Å². The van der Waals surface area contributed by atoms with Gasteiger partial charge in [-0.3, -0.25) is 4.89 Å². The second-order valence-electron chi connectivity index (χ2n) is 2.17. The van der Waals surface area contributed by atoms with Crippen LogP contribution in [-0.2, 0) is 0 Å². The average molecular weight is 152 g/mol. The first-order valence-electron chi connectivity index (χ1n) is 2.26. The van der Waals surface area contributed by atoms with Crippen LogP contribution in [0.3, 0.4) is 0 Å². The highest BCUT2D eigenvalue weighted by atomic mass is 31.2. The van der Waals surface area contributed by atoms with Crippen LogP contribution in [-0.4, -0.2) is 36.5 Å². The van der Waals surface area contributed by atoms with Crippen molar-refractivity contribution >= 4 is 22.1 Å². The molecule has 0 heterocycles. The minimum atomic E-state index is -1.82. The maximum atomic E-state index is 9.10. The molecule has 1 unspecified atom stereocenters. The van der Waals surface area contributed by atoms with Crippen molar-refractivity contribution in [3.05, 3.63) is 0 Å². The predicted octanol–water partition coefficient (Wildman–Crippen LogP) is 0.724. The van der Waals surface area contributed by atoms with Gasteiger partial charge in [0.1, 0.15) is 0 Å². The molecule has 8 heavy (non-hydrogen) atoms. The van der Waals surface area contributed by atoms with Gasteiger partial charge in [-0.05, 0) is 6.66 Å². The summed E-state index contributed by atoms with van der Waals surface area (Å²) in [5.41, 5.74) is 0.